The third-order valence-corrected chi connectivity index (χ3v) is 6.07. The fourth-order valence-corrected chi connectivity index (χ4v) is 4.68. The number of benzene rings is 1. The molecule has 1 heterocycles. The second kappa shape index (κ2) is 7.58. The van der Waals surface area contributed by atoms with E-state index in [0.717, 1.165) is 24.3 Å². The summed E-state index contributed by atoms with van der Waals surface area (Å²) in [6.45, 7) is 0.761. The lowest BCUT2D eigenvalue weighted by Crippen LogP contribution is -2.31. The molecule has 0 unspecified atom stereocenters. The minimum Gasteiger partial charge on any atom is -0.316 e. The summed E-state index contributed by atoms with van der Waals surface area (Å²) in [4.78, 5) is 0.124. The van der Waals surface area contributed by atoms with Crippen LogP contribution in [0.1, 0.15) is 18.4 Å². The molecule has 1 fully saturated rings. The zero-order chi connectivity index (χ0) is 15.3. The average Bonchev–Trinajstić information content (AvgIpc) is 2.49. The molecule has 0 bridgehead atoms. The normalized spacial score (nSPS) is 17.0. The maximum atomic E-state index is 13.6. The van der Waals surface area contributed by atoms with Gasteiger partial charge in [-0.1, -0.05) is 0 Å². The highest BCUT2D eigenvalue weighted by atomic mass is 32.2. The van der Waals surface area contributed by atoms with Crippen LogP contribution in [-0.2, 0) is 16.6 Å². The third kappa shape index (κ3) is 4.67. The summed E-state index contributed by atoms with van der Waals surface area (Å²) in [7, 11) is -1.87. The highest BCUT2D eigenvalue weighted by Gasteiger charge is 2.20. The van der Waals surface area contributed by atoms with Crippen molar-refractivity contribution in [3.05, 3.63) is 29.6 Å². The van der Waals surface area contributed by atoms with Gasteiger partial charge in [0.15, 0.2) is 0 Å². The van der Waals surface area contributed by atoms with E-state index in [9.17, 15) is 12.8 Å². The van der Waals surface area contributed by atoms with Gasteiger partial charge in [-0.05, 0) is 55.5 Å². The monoisotopic (exact) mass is 332 g/mol. The first-order valence-electron chi connectivity index (χ1n) is 7.03. The van der Waals surface area contributed by atoms with Crippen LogP contribution in [0.5, 0.6) is 0 Å². The van der Waals surface area contributed by atoms with E-state index in [2.05, 4.69) is 10.0 Å². The Bertz CT molecular complexity index is 572. The second-order valence-electron chi connectivity index (χ2n) is 5.19. The van der Waals surface area contributed by atoms with Gasteiger partial charge in [-0.15, -0.1) is 0 Å². The van der Waals surface area contributed by atoms with Gasteiger partial charge in [0.05, 0.1) is 4.90 Å². The Hall–Kier alpha value is -0.630. The van der Waals surface area contributed by atoms with Crippen LogP contribution >= 0.6 is 11.8 Å². The Kier molecular flexibility index (Phi) is 6.04. The summed E-state index contributed by atoms with van der Waals surface area (Å²) in [5, 5.41) is 2.83. The minimum atomic E-state index is -3.57. The predicted molar refractivity (Wildman–Crippen MR) is 84.4 cm³/mol. The molecule has 0 aliphatic carbocycles. The van der Waals surface area contributed by atoms with E-state index in [1.807, 2.05) is 11.8 Å². The third-order valence-electron chi connectivity index (χ3n) is 3.60. The van der Waals surface area contributed by atoms with Crippen LogP contribution in [0, 0.1) is 11.7 Å². The molecule has 21 heavy (non-hydrogen) atoms. The van der Waals surface area contributed by atoms with Crippen molar-refractivity contribution >= 4 is 21.8 Å². The molecule has 2 N–H and O–H groups in total. The summed E-state index contributed by atoms with van der Waals surface area (Å²) in [6.07, 6.45) is 2.09. The van der Waals surface area contributed by atoms with Crippen molar-refractivity contribution in [3.63, 3.8) is 0 Å². The highest BCUT2D eigenvalue weighted by Crippen LogP contribution is 2.22. The van der Waals surface area contributed by atoms with Gasteiger partial charge in [-0.25, -0.2) is 17.5 Å². The number of hydrogen-bond acceptors (Lipinski definition) is 4. The van der Waals surface area contributed by atoms with Crippen LogP contribution in [0.25, 0.3) is 0 Å². The molecule has 1 aliphatic heterocycles. The first-order valence-corrected chi connectivity index (χ1v) is 9.67. The van der Waals surface area contributed by atoms with Crippen molar-refractivity contribution in [1.82, 2.24) is 10.0 Å². The van der Waals surface area contributed by atoms with Gasteiger partial charge >= 0.3 is 0 Å². The van der Waals surface area contributed by atoms with Gasteiger partial charge in [0, 0.05) is 18.7 Å². The lowest BCUT2D eigenvalue weighted by molar-refractivity contribution is 0.476. The van der Waals surface area contributed by atoms with Gasteiger partial charge in [0.25, 0.3) is 0 Å². The van der Waals surface area contributed by atoms with Crippen LogP contribution in [0.2, 0.25) is 0 Å². The topological polar surface area (TPSA) is 58.2 Å². The first-order chi connectivity index (χ1) is 10.0. The average molecular weight is 332 g/mol. The number of halogens is 1. The second-order valence-corrected chi connectivity index (χ2v) is 8.18. The minimum absolute atomic E-state index is 0.124. The highest BCUT2D eigenvalue weighted by molar-refractivity contribution is 7.99. The molecule has 2 rings (SSSR count). The van der Waals surface area contributed by atoms with E-state index in [0.29, 0.717) is 24.6 Å². The molecule has 7 heteroatoms. The van der Waals surface area contributed by atoms with E-state index in [1.54, 1.807) is 7.05 Å². The Morgan fingerprint density at radius 3 is 2.71 bits per heavy atom. The van der Waals surface area contributed by atoms with Crippen molar-refractivity contribution in [2.24, 2.45) is 5.92 Å². The van der Waals surface area contributed by atoms with E-state index in [4.69, 9.17) is 0 Å². The zero-order valence-electron chi connectivity index (χ0n) is 12.1. The summed E-state index contributed by atoms with van der Waals surface area (Å²) < 4.78 is 40.8. The fourth-order valence-electron chi connectivity index (χ4n) is 2.31. The molecule has 1 saturated heterocycles. The molecular formula is C14H21FN2O2S2. The summed E-state index contributed by atoms with van der Waals surface area (Å²) in [6, 6.07) is 3.91. The standard InChI is InChI=1S/C14H21FN2O2S2/c1-16-10-12-8-13(2-3-14(12)15)21(18,19)17-9-11-4-6-20-7-5-11/h2-3,8,11,16-17H,4-7,9-10H2,1H3. The summed E-state index contributed by atoms with van der Waals surface area (Å²) >= 11 is 1.91. The van der Waals surface area contributed by atoms with E-state index >= 15 is 0 Å². The van der Waals surface area contributed by atoms with Gasteiger partial charge in [0.1, 0.15) is 5.82 Å². The molecule has 1 aromatic rings. The van der Waals surface area contributed by atoms with Crippen LogP contribution in [0.15, 0.2) is 23.1 Å². The smallest absolute Gasteiger partial charge is 0.240 e. The van der Waals surface area contributed by atoms with Crippen LogP contribution in [0.4, 0.5) is 4.39 Å². The lowest BCUT2D eigenvalue weighted by Gasteiger charge is -2.21. The Morgan fingerprint density at radius 1 is 1.33 bits per heavy atom. The van der Waals surface area contributed by atoms with E-state index in [1.165, 1.54) is 18.2 Å². The Balaban J connectivity index is 2.06. The summed E-state index contributed by atoms with van der Waals surface area (Å²) in [5.74, 6) is 2.19. The summed E-state index contributed by atoms with van der Waals surface area (Å²) in [5.41, 5.74) is 0.356. The van der Waals surface area contributed by atoms with Crippen LogP contribution in [-0.4, -0.2) is 33.5 Å². The largest absolute Gasteiger partial charge is 0.316 e. The lowest BCUT2D eigenvalue weighted by atomic mass is 10.0. The van der Waals surface area contributed by atoms with E-state index in [-0.39, 0.29) is 4.90 Å². The van der Waals surface area contributed by atoms with Gasteiger partial charge in [-0.3, -0.25) is 0 Å². The van der Waals surface area contributed by atoms with E-state index < -0.39 is 15.8 Å². The molecule has 4 nitrogen and oxygen atoms in total. The number of nitrogens with one attached hydrogen (secondary N) is 2. The molecule has 0 saturated carbocycles. The van der Waals surface area contributed by atoms with Crippen molar-refractivity contribution in [3.8, 4) is 0 Å². The van der Waals surface area contributed by atoms with Crippen LogP contribution < -0.4 is 10.0 Å². The molecule has 0 amide bonds. The molecule has 1 aromatic carbocycles. The van der Waals surface area contributed by atoms with Crippen molar-refractivity contribution in [2.75, 3.05) is 25.1 Å². The van der Waals surface area contributed by atoms with Crippen LogP contribution in [0.3, 0.4) is 0 Å². The van der Waals surface area contributed by atoms with Gasteiger partial charge < -0.3 is 5.32 Å². The quantitative estimate of drug-likeness (QED) is 0.836. The SMILES string of the molecule is CNCc1cc(S(=O)(=O)NCC2CCSCC2)ccc1F. The molecular weight excluding hydrogens is 311 g/mol. The zero-order valence-corrected chi connectivity index (χ0v) is 13.7. The Morgan fingerprint density at radius 2 is 2.05 bits per heavy atom. The fraction of sp³-hybridized carbons (Fsp3) is 0.571. The molecule has 0 atom stereocenters. The Labute approximate surface area is 129 Å². The van der Waals surface area contributed by atoms with Crippen molar-refractivity contribution in [1.29, 1.82) is 0 Å². The number of rotatable bonds is 6. The van der Waals surface area contributed by atoms with Gasteiger partial charge in [0.2, 0.25) is 10.0 Å². The molecule has 118 valence electrons. The van der Waals surface area contributed by atoms with Gasteiger partial charge in [-0.2, -0.15) is 11.8 Å². The molecule has 0 spiro atoms. The number of thioether (sulfide) groups is 1. The maximum Gasteiger partial charge on any atom is 0.240 e. The number of sulfonamides is 1. The predicted octanol–water partition coefficient (Wildman–Crippen LogP) is 1.97. The van der Waals surface area contributed by atoms with Crippen molar-refractivity contribution in [2.45, 2.75) is 24.3 Å². The molecule has 1 aliphatic rings. The first kappa shape index (κ1) is 16.7. The van der Waals surface area contributed by atoms with Crippen molar-refractivity contribution < 1.29 is 12.8 Å². The number of hydrogen-bond donors (Lipinski definition) is 2. The maximum absolute atomic E-state index is 13.6. The molecule has 0 radical (unpaired) electrons. The molecule has 0 aromatic heterocycles.